The van der Waals surface area contributed by atoms with E-state index in [1.807, 2.05) is 17.5 Å². The molecule has 1 aliphatic rings. The van der Waals surface area contributed by atoms with Gasteiger partial charge in [0.05, 0.1) is 27.8 Å². The molecule has 3 heterocycles. The molecule has 7 heteroatoms. The normalized spacial score (nSPS) is 21.3. The topological polar surface area (TPSA) is 74.8 Å². The van der Waals surface area contributed by atoms with Gasteiger partial charge in [0.1, 0.15) is 0 Å². The number of hydrogen-bond donors (Lipinski definition) is 2. The Morgan fingerprint density at radius 2 is 2.40 bits per heavy atom. The Kier molecular flexibility index (Phi) is 3.91. The highest BCUT2D eigenvalue weighted by Gasteiger charge is 2.30. The van der Waals surface area contributed by atoms with E-state index in [4.69, 9.17) is 0 Å². The zero-order valence-electron chi connectivity index (χ0n) is 11.0. The number of H-pyrrole nitrogens is 1. The van der Waals surface area contributed by atoms with Crippen LogP contribution >= 0.6 is 11.3 Å². The lowest BCUT2D eigenvalue weighted by Crippen LogP contribution is -2.30. The fourth-order valence-electron chi connectivity index (χ4n) is 2.53. The molecule has 1 aliphatic heterocycles. The molecule has 0 bridgehead atoms. The van der Waals surface area contributed by atoms with E-state index in [1.54, 1.807) is 17.5 Å². The van der Waals surface area contributed by atoms with Crippen LogP contribution in [0.1, 0.15) is 18.4 Å². The average Bonchev–Trinajstić information content (AvgIpc) is 3.11. The Hall–Kier alpha value is -1.18. The standard InChI is InChI=1S/C13H17N3O2S2/c17-20(18)6-2-3-11(20)9-14-7-10-8-15-16-13(10)12-4-1-5-19-12/h1,4-5,8,11,14H,2-3,6-7,9H2,(H,15,16). The summed E-state index contributed by atoms with van der Waals surface area (Å²) in [6, 6.07) is 4.05. The number of aromatic nitrogens is 2. The van der Waals surface area contributed by atoms with Crippen LogP contribution in [0.4, 0.5) is 0 Å². The quantitative estimate of drug-likeness (QED) is 0.883. The molecule has 0 aliphatic carbocycles. The molecule has 2 aromatic heterocycles. The summed E-state index contributed by atoms with van der Waals surface area (Å²) in [5.74, 6) is 0.339. The number of hydrogen-bond acceptors (Lipinski definition) is 5. The first-order valence-corrected chi connectivity index (χ1v) is 9.25. The minimum atomic E-state index is -2.87. The van der Waals surface area contributed by atoms with Crippen LogP contribution in [-0.4, -0.2) is 36.2 Å². The third-order valence-corrected chi connectivity index (χ3v) is 6.80. The van der Waals surface area contributed by atoms with Crippen LogP contribution in [0.5, 0.6) is 0 Å². The molecule has 2 aromatic rings. The molecule has 0 spiro atoms. The Bertz CT molecular complexity index is 662. The van der Waals surface area contributed by atoms with Gasteiger partial charge in [-0.15, -0.1) is 11.3 Å². The van der Waals surface area contributed by atoms with Gasteiger partial charge in [0.15, 0.2) is 9.84 Å². The van der Waals surface area contributed by atoms with Gasteiger partial charge < -0.3 is 5.32 Å². The summed E-state index contributed by atoms with van der Waals surface area (Å²) in [5.41, 5.74) is 2.09. The monoisotopic (exact) mass is 311 g/mol. The number of sulfone groups is 1. The van der Waals surface area contributed by atoms with E-state index in [9.17, 15) is 8.42 Å². The van der Waals surface area contributed by atoms with Crippen LogP contribution in [-0.2, 0) is 16.4 Å². The number of nitrogens with one attached hydrogen (secondary N) is 2. The van der Waals surface area contributed by atoms with Crippen molar-refractivity contribution >= 4 is 21.2 Å². The third kappa shape index (κ3) is 2.79. The van der Waals surface area contributed by atoms with Crippen LogP contribution in [0.2, 0.25) is 0 Å². The van der Waals surface area contributed by atoms with Gasteiger partial charge in [0.2, 0.25) is 0 Å². The Morgan fingerprint density at radius 1 is 1.50 bits per heavy atom. The maximum absolute atomic E-state index is 11.8. The van der Waals surface area contributed by atoms with E-state index in [1.165, 1.54) is 0 Å². The number of thiophene rings is 1. The molecule has 1 saturated heterocycles. The minimum absolute atomic E-state index is 0.223. The van der Waals surface area contributed by atoms with E-state index >= 15 is 0 Å². The molecule has 20 heavy (non-hydrogen) atoms. The number of rotatable bonds is 5. The lowest BCUT2D eigenvalue weighted by molar-refractivity contribution is 0.574. The molecule has 0 saturated carbocycles. The third-order valence-electron chi connectivity index (χ3n) is 3.64. The van der Waals surface area contributed by atoms with Gasteiger partial charge in [-0.2, -0.15) is 5.10 Å². The van der Waals surface area contributed by atoms with E-state index in [2.05, 4.69) is 15.5 Å². The largest absolute Gasteiger partial charge is 0.311 e. The Labute approximate surface area is 122 Å². The summed E-state index contributed by atoms with van der Waals surface area (Å²) in [6.45, 7) is 1.16. The molecule has 1 fully saturated rings. The number of nitrogens with zero attached hydrogens (tertiary/aromatic N) is 1. The minimum Gasteiger partial charge on any atom is -0.311 e. The lowest BCUT2D eigenvalue weighted by Gasteiger charge is -2.10. The smallest absolute Gasteiger partial charge is 0.154 e. The summed E-state index contributed by atoms with van der Waals surface area (Å²) in [5, 5.41) is 12.1. The molecule has 0 amide bonds. The van der Waals surface area contributed by atoms with E-state index in [-0.39, 0.29) is 5.25 Å². The van der Waals surface area contributed by atoms with Crippen molar-refractivity contribution in [1.82, 2.24) is 15.5 Å². The van der Waals surface area contributed by atoms with Gasteiger partial charge in [-0.3, -0.25) is 5.10 Å². The van der Waals surface area contributed by atoms with E-state index in [0.29, 0.717) is 18.8 Å². The Morgan fingerprint density at radius 3 is 3.10 bits per heavy atom. The molecule has 3 rings (SSSR count). The van der Waals surface area contributed by atoms with Crippen LogP contribution in [0.15, 0.2) is 23.7 Å². The van der Waals surface area contributed by atoms with Gasteiger partial charge in [0, 0.05) is 18.7 Å². The predicted octanol–water partition coefficient (Wildman–Crippen LogP) is 1.80. The molecule has 108 valence electrons. The molecular weight excluding hydrogens is 294 g/mol. The van der Waals surface area contributed by atoms with Gasteiger partial charge in [0.25, 0.3) is 0 Å². The summed E-state index contributed by atoms with van der Waals surface area (Å²) >= 11 is 1.66. The van der Waals surface area contributed by atoms with E-state index in [0.717, 1.165) is 29.0 Å². The first-order chi connectivity index (χ1) is 9.67. The Balaban J connectivity index is 1.61. The molecule has 2 N–H and O–H groups in total. The van der Waals surface area contributed by atoms with Gasteiger partial charge in [-0.25, -0.2) is 8.42 Å². The molecule has 0 aromatic carbocycles. The number of aromatic amines is 1. The van der Waals surface area contributed by atoms with Crippen molar-refractivity contribution < 1.29 is 8.42 Å². The van der Waals surface area contributed by atoms with Crippen molar-refractivity contribution in [2.75, 3.05) is 12.3 Å². The summed E-state index contributed by atoms with van der Waals surface area (Å²) in [4.78, 5) is 1.15. The first kappa shape index (κ1) is 13.8. The lowest BCUT2D eigenvalue weighted by atomic mass is 10.2. The molecule has 5 nitrogen and oxygen atoms in total. The molecule has 1 atom stereocenters. The van der Waals surface area contributed by atoms with Crippen molar-refractivity contribution in [2.45, 2.75) is 24.6 Å². The zero-order chi connectivity index (χ0) is 14.0. The fourth-order valence-corrected chi connectivity index (χ4v) is 5.09. The second-order valence-corrected chi connectivity index (χ2v) is 8.36. The highest BCUT2D eigenvalue weighted by atomic mass is 32.2. The SMILES string of the molecule is O=S1(=O)CCCC1CNCc1cn[nH]c1-c1cccs1. The average molecular weight is 311 g/mol. The molecule has 1 unspecified atom stereocenters. The van der Waals surface area contributed by atoms with Crippen molar-refractivity contribution in [2.24, 2.45) is 0 Å². The highest BCUT2D eigenvalue weighted by molar-refractivity contribution is 7.92. The van der Waals surface area contributed by atoms with E-state index < -0.39 is 9.84 Å². The maximum atomic E-state index is 11.8. The molecular formula is C13H17N3O2S2. The van der Waals surface area contributed by atoms with Crippen molar-refractivity contribution in [3.63, 3.8) is 0 Å². The van der Waals surface area contributed by atoms with Gasteiger partial charge >= 0.3 is 0 Å². The maximum Gasteiger partial charge on any atom is 0.154 e. The summed E-state index contributed by atoms with van der Waals surface area (Å²) < 4.78 is 23.5. The summed E-state index contributed by atoms with van der Waals surface area (Å²) in [7, 11) is -2.87. The van der Waals surface area contributed by atoms with Crippen LogP contribution in [0.25, 0.3) is 10.6 Å². The zero-order valence-corrected chi connectivity index (χ0v) is 12.6. The fraction of sp³-hybridized carbons (Fsp3) is 0.462. The van der Waals surface area contributed by atoms with Crippen LogP contribution < -0.4 is 5.32 Å². The van der Waals surface area contributed by atoms with Crippen LogP contribution in [0.3, 0.4) is 0 Å². The second kappa shape index (κ2) is 5.67. The van der Waals surface area contributed by atoms with Crippen molar-refractivity contribution in [3.8, 4) is 10.6 Å². The van der Waals surface area contributed by atoms with Crippen molar-refractivity contribution in [1.29, 1.82) is 0 Å². The van der Waals surface area contributed by atoms with Gasteiger partial charge in [-0.1, -0.05) is 6.07 Å². The second-order valence-electron chi connectivity index (χ2n) is 5.01. The van der Waals surface area contributed by atoms with Crippen LogP contribution in [0, 0.1) is 0 Å². The van der Waals surface area contributed by atoms with Gasteiger partial charge in [-0.05, 0) is 24.3 Å². The first-order valence-electron chi connectivity index (χ1n) is 6.65. The summed E-state index contributed by atoms with van der Waals surface area (Å²) in [6.07, 6.45) is 3.37. The highest BCUT2D eigenvalue weighted by Crippen LogP contribution is 2.25. The predicted molar refractivity (Wildman–Crippen MR) is 80.4 cm³/mol. The molecule has 0 radical (unpaired) electrons. The van der Waals surface area contributed by atoms with Crippen molar-refractivity contribution in [3.05, 3.63) is 29.3 Å².